The van der Waals surface area contributed by atoms with E-state index in [4.69, 9.17) is 0 Å². The van der Waals surface area contributed by atoms with Gasteiger partial charge in [-0.1, -0.05) is 19.1 Å². The molecule has 1 heterocycles. The van der Waals surface area contributed by atoms with Gasteiger partial charge >= 0.3 is 0 Å². The van der Waals surface area contributed by atoms with E-state index in [9.17, 15) is 14.7 Å². The Balaban J connectivity index is 2.27. The van der Waals surface area contributed by atoms with Crippen molar-refractivity contribution < 1.29 is 14.7 Å². The summed E-state index contributed by atoms with van der Waals surface area (Å²) >= 11 is 0. The van der Waals surface area contributed by atoms with E-state index in [1.807, 2.05) is 38.2 Å². The quantitative estimate of drug-likeness (QED) is 0.757. The number of nitrogens with one attached hydrogen (secondary N) is 1. The van der Waals surface area contributed by atoms with Gasteiger partial charge in [-0.2, -0.15) is 0 Å². The molecule has 0 fully saturated rings. The molecule has 1 aliphatic heterocycles. The molecule has 6 heteroatoms. The lowest BCUT2D eigenvalue weighted by Crippen LogP contribution is -2.52. The van der Waals surface area contributed by atoms with Crippen LogP contribution in [0.15, 0.2) is 24.3 Å². The van der Waals surface area contributed by atoms with Crippen LogP contribution in [0.2, 0.25) is 0 Å². The van der Waals surface area contributed by atoms with Crippen molar-refractivity contribution in [1.29, 1.82) is 0 Å². The number of hydrogen-bond acceptors (Lipinski definition) is 5. The molecule has 1 aromatic carbocycles. The molecule has 0 saturated heterocycles. The molecule has 0 radical (unpaired) electrons. The van der Waals surface area contributed by atoms with Crippen LogP contribution in [0, 0.1) is 11.8 Å². The Kier molecular flexibility index (Phi) is 5.96. The van der Waals surface area contributed by atoms with Gasteiger partial charge in [0.15, 0.2) is 0 Å². The number of carbonyl (C=O) groups excluding carboxylic acids is 2. The van der Waals surface area contributed by atoms with Gasteiger partial charge in [0.2, 0.25) is 5.91 Å². The van der Waals surface area contributed by atoms with Gasteiger partial charge in [-0.25, -0.2) is 0 Å². The summed E-state index contributed by atoms with van der Waals surface area (Å²) in [5, 5.41) is 12.9. The predicted octanol–water partition coefficient (Wildman–Crippen LogP) is 0.889. The Labute approximate surface area is 143 Å². The van der Waals surface area contributed by atoms with Crippen molar-refractivity contribution in [3.63, 3.8) is 0 Å². The van der Waals surface area contributed by atoms with E-state index in [1.54, 1.807) is 18.9 Å². The second-order valence-corrected chi connectivity index (χ2v) is 6.46. The minimum atomic E-state index is -0.810. The minimum absolute atomic E-state index is 0.0394. The third-order valence-corrected chi connectivity index (χ3v) is 4.90. The third kappa shape index (κ3) is 3.44. The van der Waals surface area contributed by atoms with Gasteiger partial charge in [0, 0.05) is 26.2 Å². The van der Waals surface area contributed by atoms with Crippen LogP contribution in [0.1, 0.15) is 13.8 Å². The molecule has 0 aromatic heterocycles. The van der Waals surface area contributed by atoms with Crippen molar-refractivity contribution in [2.75, 3.05) is 37.0 Å². The minimum Gasteiger partial charge on any atom is -0.393 e. The highest BCUT2D eigenvalue weighted by Gasteiger charge is 2.36. The number of aliphatic hydroxyl groups excluding tert-OH is 1. The summed E-state index contributed by atoms with van der Waals surface area (Å²) in [5.41, 5.74) is 1.91. The summed E-state index contributed by atoms with van der Waals surface area (Å²) in [6.45, 7) is 4.75. The highest BCUT2D eigenvalue weighted by molar-refractivity contribution is 5.99. The van der Waals surface area contributed by atoms with Gasteiger partial charge in [-0.15, -0.1) is 0 Å². The average Bonchev–Trinajstić information content (AvgIpc) is 2.58. The monoisotopic (exact) mass is 333 g/mol. The molecule has 6 nitrogen and oxygen atoms in total. The maximum atomic E-state index is 13.1. The largest absolute Gasteiger partial charge is 0.393 e. The van der Waals surface area contributed by atoms with Gasteiger partial charge < -0.3 is 25.0 Å². The molecule has 0 bridgehead atoms. The summed E-state index contributed by atoms with van der Waals surface area (Å²) in [7, 11) is 3.72. The normalized spacial score (nSPS) is 19.2. The van der Waals surface area contributed by atoms with E-state index in [-0.39, 0.29) is 5.91 Å². The number of para-hydroxylation sites is 2. The van der Waals surface area contributed by atoms with Crippen LogP contribution < -0.4 is 15.1 Å². The molecule has 1 aliphatic rings. The number of nitrogens with zero attached hydrogens (tertiary/aromatic N) is 2. The topological polar surface area (TPSA) is 72.9 Å². The first-order valence-electron chi connectivity index (χ1n) is 8.34. The van der Waals surface area contributed by atoms with Crippen LogP contribution in [0.3, 0.4) is 0 Å². The summed E-state index contributed by atoms with van der Waals surface area (Å²) in [4.78, 5) is 28.4. The zero-order valence-electron chi connectivity index (χ0n) is 14.8. The van der Waals surface area contributed by atoms with Crippen LogP contribution in [0.5, 0.6) is 0 Å². The fourth-order valence-electron chi connectivity index (χ4n) is 3.41. The summed E-state index contributed by atoms with van der Waals surface area (Å²) in [6, 6.07) is 7.40. The van der Waals surface area contributed by atoms with Crippen molar-refractivity contribution in [2.45, 2.75) is 26.0 Å². The van der Waals surface area contributed by atoms with Crippen molar-refractivity contribution in [1.82, 2.24) is 5.32 Å². The molecule has 4 atom stereocenters. The molecular weight excluding hydrogens is 306 g/mol. The van der Waals surface area contributed by atoms with E-state index in [0.717, 1.165) is 24.2 Å². The average molecular weight is 333 g/mol. The summed E-state index contributed by atoms with van der Waals surface area (Å²) < 4.78 is 0. The van der Waals surface area contributed by atoms with Crippen molar-refractivity contribution >= 4 is 23.6 Å². The van der Waals surface area contributed by atoms with E-state index in [1.165, 1.54) is 0 Å². The highest BCUT2D eigenvalue weighted by atomic mass is 16.3. The number of anilines is 2. The summed E-state index contributed by atoms with van der Waals surface area (Å²) in [5.74, 6) is -1.10. The maximum absolute atomic E-state index is 13.1. The number of fused-ring (bicyclic) bond motifs is 1. The number of aldehydes is 1. The van der Waals surface area contributed by atoms with Crippen LogP contribution in [0.4, 0.5) is 11.4 Å². The van der Waals surface area contributed by atoms with Gasteiger partial charge in [-0.3, -0.25) is 4.79 Å². The van der Waals surface area contributed by atoms with E-state index in [2.05, 4.69) is 10.2 Å². The van der Waals surface area contributed by atoms with E-state index >= 15 is 0 Å². The molecule has 1 amide bonds. The zero-order valence-corrected chi connectivity index (χ0v) is 14.8. The summed E-state index contributed by atoms with van der Waals surface area (Å²) in [6.07, 6.45) is -0.0805. The zero-order chi connectivity index (χ0) is 17.9. The number of likely N-dealkylation sites (N-methyl/N-ethyl adjacent to an activating group) is 1. The Morgan fingerprint density at radius 2 is 1.88 bits per heavy atom. The molecular formula is C18H27N3O3. The molecule has 2 N–H and O–H groups in total. The first kappa shape index (κ1) is 18.4. The Bertz CT molecular complexity index is 591. The Morgan fingerprint density at radius 3 is 2.42 bits per heavy atom. The molecule has 1 aromatic rings. The van der Waals surface area contributed by atoms with Crippen LogP contribution in [0.25, 0.3) is 0 Å². The molecule has 0 spiro atoms. The fourth-order valence-corrected chi connectivity index (χ4v) is 3.41. The molecule has 2 rings (SSSR count). The Morgan fingerprint density at radius 1 is 1.25 bits per heavy atom. The van der Waals surface area contributed by atoms with Crippen LogP contribution >= 0.6 is 0 Å². The van der Waals surface area contributed by atoms with Crippen LogP contribution in [-0.2, 0) is 9.59 Å². The van der Waals surface area contributed by atoms with E-state index in [0.29, 0.717) is 6.54 Å². The molecule has 0 unspecified atom stereocenters. The number of carbonyl (C=O) groups is 2. The van der Waals surface area contributed by atoms with Crippen molar-refractivity contribution in [3.05, 3.63) is 24.3 Å². The van der Waals surface area contributed by atoms with Gasteiger partial charge in [0.1, 0.15) is 6.29 Å². The third-order valence-electron chi connectivity index (χ3n) is 4.90. The second kappa shape index (κ2) is 7.77. The number of hydrogen-bond donors (Lipinski definition) is 2. The lowest BCUT2D eigenvalue weighted by atomic mass is 9.86. The van der Waals surface area contributed by atoms with Crippen molar-refractivity contribution in [3.8, 4) is 0 Å². The maximum Gasteiger partial charge on any atom is 0.231 e. The first-order valence-corrected chi connectivity index (χ1v) is 8.34. The van der Waals surface area contributed by atoms with Gasteiger partial charge in [-0.05, 0) is 26.1 Å². The highest BCUT2D eigenvalue weighted by Crippen LogP contribution is 2.33. The number of rotatable bonds is 6. The molecule has 0 aliphatic carbocycles. The number of benzene rings is 1. The second-order valence-electron chi connectivity index (χ2n) is 6.46. The predicted molar refractivity (Wildman–Crippen MR) is 95.3 cm³/mol. The van der Waals surface area contributed by atoms with E-state index < -0.39 is 24.0 Å². The van der Waals surface area contributed by atoms with Crippen molar-refractivity contribution in [2.24, 2.45) is 11.8 Å². The molecule has 0 saturated carbocycles. The SMILES string of the molecule is CN[C@@H]([C@H](C=O)[C@@H](C)O)[C@@H](C)C(=O)N1CCN(C)c2ccccc21. The fraction of sp³-hybridized carbons (Fsp3) is 0.556. The smallest absolute Gasteiger partial charge is 0.231 e. The number of amides is 1. The standard InChI is InChI=1S/C18H27N3O3/c1-12(17(19-3)14(11-22)13(2)23)18(24)21-10-9-20(4)15-7-5-6-8-16(15)21/h5-8,11-14,17,19,23H,9-10H2,1-4H3/t12-,13-,14-,17-/m1/s1. The number of aliphatic hydroxyl groups is 1. The van der Waals surface area contributed by atoms with Gasteiger partial charge in [0.05, 0.1) is 29.3 Å². The lowest BCUT2D eigenvalue weighted by Gasteiger charge is -2.38. The molecule has 132 valence electrons. The molecule has 24 heavy (non-hydrogen) atoms. The van der Waals surface area contributed by atoms with Crippen LogP contribution in [-0.4, -0.2) is 56.6 Å². The Hall–Kier alpha value is -1.92. The first-order chi connectivity index (χ1) is 11.4. The lowest BCUT2D eigenvalue weighted by molar-refractivity contribution is -0.124. The van der Waals surface area contributed by atoms with Gasteiger partial charge in [0.25, 0.3) is 0 Å².